The molecule has 0 unspecified atom stereocenters. The molecule has 2 rings (SSSR count). The first-order valence-electron chi connectivity index (χ1n) is 6.24. The van der Waals surface area contributed by atoms with Gasteiger partial charge in [-0.1, -0.05) is 30.3 Å². The van der Waals surface area contributed by atoms with Crippen LogP contribution in [0.1, 0.15) is 11.1 Å². The fourth-order valence-corrected chi connectivity index (χ4v) is 2.18. The van der Waals surface area contributed by atoms with Crippen LogP contribution in [0.2, 0.25) is 0 Å². The molecular formula is C16H20N2. The molecular weight excluding hydrogens is 220 g/mol. The molecule has 0 saturated carbocycles. The van der Waals surface area contributed by atoms with E-state index in [1.807, 2.05) is 7.05 Å². The number of para-hydroxylation sites is 1. The van der Waals surface area contributed by atoms with E-state index in [9.17, 15) is 0 Å². The van der Waals surface area contributed by atoms with E-state index in [2.05, 4.69) is 72.7 Å². The van der Waals surface area contributed by atoms with Crippen molar-refractivity contribution in [2.45, 2.75) is 13.5 Å². The maximum Gasteiger partial charge on any atom is 0.0427 e. The third-order valence-corrected chi connectivity index (χ3v) is 3.16. The number of nitrogens with one attached hydrogen (secondary N) is 1. The van der Waals surface area contributed by atoms with Gasteiger partial charge in [-0.05, 0) is 36.2 Å². The van der Waals surface area contributed by atoms with Crippen molar-refractivity contribution in [1.29, 1.82) is 0 Å². The minimum Gasteiger partial charge on any atom is -0.388 e. The quantitative estimate of drug-likeness (QED) is 0.877. The topological polar surface area (TPSA) is 15.3 Å². The lowest BCUT2D eigenvalue weighted by Gasteiger charge is -2.21. The first kappa shape index (κ1) is 12.5. The molecule has 18 heavy (non-hydrogen) atoms. The molecule has 2 aromatic carbocycles. The Bertz CT molecular complexity index is 520. The predicted molar refractivity (Wildman–Crippen MR) is 79.3 cm³/mol. The molecule has 0 amide bonds. The van der Waals surface area contributed by atoms with Crippen LogP contribution in [0.15, 0.2) is 48.5 Å². The second-order valence-electron chi connectivity index (χ2n) is 4.59. The number of hydrogen-bond acceptors (Lipinski definition) is 2. The predicted octanol–water partition coefficient (Wildman–Crippen LogP) is 3.67. The number of hydrogen-bond donors (Lipinski definition) is 1. The highest BCUT2D eigenvalue weighted by molar-refractivity contribution is 5.53. The Hall–Kier alpha value is -1.96. The third kappa shape index (κ3) is 2.83. The maximum absolute atomic E-state index is 3.17. The molecule has 0 bridgehead atoms. The molecule has 0 saturated heterocycles. The second kappa shape index (κ2) is 5.58. The first-order chi connectivity index (χ1) is 8.70. The Morgan fingerprint density at radius 1 is 1.06 bits per heavy atom. The van der Waals surface area contributed by atoms with Gasteiger partial charge in [-0.25, -0.2) is 0 Å². The SMILES string of the molecule is CNc1cccc(CN(C)c2ccccc2C)c1. The molecule has 0 spiro atoms. The molecule has 0 aliphatic rings. The lowest BCUT2D eigenvalue weighted by Crippen LogP contribution is -2.17. The number of anilines is 2. The summed E-state index contributed by atoms with van der Waals surface area (Å²) in [4.78, 5) is 2.28. The normalized spacial score (nSPS) is 10.2. The van der Waals surface area contributed by atoms with Crippen molar-refractivity contribution < 1.29 is 0 Å². The summed E-state index contributed by atoms with van der Waals surface area (Å²) in [7, 11) is 4.08. The summed E-state index contributed by atoms with van der Waals surface area (Å²) in [5.41, 5.74) is 5.07. The third-order valence-electron chi connectivity index (χ3n) is 3.16. The van der Waals surface area contributed by atoms with Gasteiger partial charge in [-0.2, -0.15) is 0 Å². The summed E-state index contributed by atoms with van der Waals surface area (Å²) in [6.45, 7) is 3.07. The van der Waals surface area contributed by atoms with Crippen LogP contribution in [0.5, 0.6) is 0 Å². The zero-order valence-electron chi connectivity index (χ0n) is 11.3. The summed E-state index contributed by atoms with van der Waals surface area (Å²) in [5, 5.41) is 3.17. The summed E-state index contributed by atoms with van der Waals surface area (Å²) >= 11 is 0. The number of benzene rings is 2. The van der Waals surface area contributed by atoms with Gasteiger partial charge in [0.05, 0.1) is 0 Å². The van der Waals surface area contributed by atoms with Crippen LogP contribution in [0.3, 0.4) is 0 Å². The molecule has 94 valence electrons. The second-order valence-corrected chi connectivity index (χ2v) is 4.59. The van der Waals surface area contributed by atoms with Crippen LogP contribution in [0, 0.1) is 6.92 Å². The van der Waals surface area contributed by atoms with E-state index in [0.717, 1.165) is 12.2 Å². The molecule has 2 nitrogen and oxygen atoms in total. The Morgan fingerprint density at radius 2 is 1.83 bits per heavy atom. The minimum absolute atomic E-state index is 0.917. The monoisotopic (exact) mass is 240 g/mol. The summed E-state index contributed by atoms with van der Waals surface area (Å²) in [6, 6.07) is 17.0. The fourth-order valence-electron chi connectivity index (χ4n) is 2.18. The standard InChI is InChI=1S/C16H20N2/c1-13-7-4-5-10-16(13)18(3)12-14-8-6-9-15(11-14)17-2/h4-11,17H,12H2,1-3H3. The van der Waals surface area contributed by atoms with Gasteiger partial charge in [0.25, 0.3) is 0 Å². The highest BCUT2D eigenvalue weighted by Gasteiger charge is 2.04. The van der Waals surface area contributed by atoms with Gasteiger partial charge < -0.3 is 10.2 Å². The van der Waals surface area contributed by atoms with Crippen molar-refractivity contribution in [2.24, 2.45) is 0 Å². The van der Waals surface area contributed by atoms with Gasteiger partial charge in [0, 0.05) is 32.0 Å². The Morgan fingerprint density at radius 3 is 2.56 bits per heavy atom. The van der Waals surface area contributed by atoms with Gasteiger partial charge in [0.15, 0.2) is 0 Å². The van der Waals surface area contributed by atoms with Crippen LogP contribution < -0.4 is 10.2 Å². The number of rotatable bonds is 4. The van der Waals surface area contributed by atoms with E-state index < -0.39 is 0 Å². The van der Waals surface area contributed by atoms with Crippen LogP contribution >= 0.6 is 0 Å². The molecule has 0 aliphatic heterocycles. The molecule has 0 aliphatic carbocycles. The van der Waals surface area contributed by atoms with Crippen LogP contribution in [-0.2, 0) is 6.54 Å². The Kier molecular flexibility index (Phi) is 3.88. The number of aryl methyl sites for hydroxylation is 1. The van der Waals surface area contributed by atoms with Gasteiger partial charge in [0.1, 0.15) is 0 Å². The first-order valence-corrected chi connectivity index (χ1v) is 6.24. The van der Waals surface area contributed by atoms with Crippen molar-refractivity contribution in [3.05, 3.63) is 59.7 Å². The van der Waals surface area contributed by atoms with E-state index in [1.165, 1.54) is 16.8 Å². The van der Waals surface area contributed by atoms with Gasteiger partial charge in [-0.3, -0.25) is 0 Å². The average Bonchev–Trinajstić information content (AvgIpc) is 2.39. The lowest BCUT2D eigenvalue weighted by molar-refractivity contribution is 0.917. The minimum atomic E-state index is 0.917. The van der Waals surface area contributed by atoms with E-state index in [4.69, 9.17) is 0 Å². The fraction of sp³-hybridized carbons (Fsp3) is 0.250. The molecule has 1 N–H and O–H groups in total. The van der Waals surface area contributed by atoms with Crippen molar-refractivity contribution in [3.63, 3.8) is 0 Å². The highest BCUT2D eigenvalue weighted by atomic mass is 15.1. The molecule has 0 atom stereocenters. The molecule has 2 aromatic rings. The zero-order chi connectivity index (χ0) is 13.0. The van der Waals surface area contributed by atoms with Crippen molar-refractivity contribution >= 4 is 11.4 Å². The Labute approximate surface area is 109 Å². The summed E-state index contributed by atoms with van der Waals surface area (Å²) in [5.74, 6) is 0. The van der Waals surface area contributed by atoms with Crippen molar-refractivity contribution in [3.8, 4) is 0 Å². The van der Waals surface area contributed by atoms with Gasteiger partial charge in [-0.15, -0.1) is 0 Å². The molecule has 0 aromatic heterocycles. The molecule has 2 heteroatoms. The molecule has 0 radical (unpaired) electrons. The lowest BCUT2D eigenvalue weighted by atomic mass is 10.1. The van der Waals surface area contributed by atoms with Gasteiger partial charge in [0.2, 0.25) is 0 Å². The summed E-state index contributed by atoms with van der Waals surface area (Å²) in [6.07, 6.45) is 0. The van der Waals surface area contributed by atoms with E-state index in [-0.39, 0.29) is 0 Å². The summed E-state index contributed by atoms with van der Waals surface area (Å²) < 4.78 is 0. The van der Waals surface area contributed by atoms with Crippen LogP contribution in [0.4, 0.5) is 11.4 Å². The average molecular weight is 240 g/mol. The van der Waals surface area contributed by atoms with E-state index >= 15 is 0 Å². The van der Waals surface area contributed by atoms with Crippen molar-refractivity contribution in [1.82, 2.24) is 0 Å². The smallest absolute Gasteiger partial charge is 0.0427 e. The largest absolute Gasteiger partial charge is 0.388 e. The highest BCUT2D eigenvalue weighted by Crippen LogP contribution is 2.20. The van der Waals surface area contributed by atoms with E-state index in [1.54, 1.807) is 0 Å². The number of nitrogens with zero attached hydrogens (tertiary/aromatic N) is 1. The maximum atomic E-state index is 3.17. The van der Waals surface area contributed by atoms with E-state index in [0.29, 0.717) is 0 Å². The van der Waals surface area contributed by atoms with Crippen molar-refractivity contribution in [2.75, 3.05) is 24.3 Å². The van der Waals surface area contributed by atoms with Gasteiger partial charge >= 0.3 is 0 Å². The van der Waals surface area contributed by atoms with Crippen LogP contribution in [0.25, 0.3) is 0 Å². The molecule has 0 fully saturated rings. The molecule has 0 heterocycles. The van der Waals surface area contributed by atoms with Crippen LogP contribution in [-0.4, -0.2) is 14.1 Å². The Balaban J connectivity index is 2.16. The zero-order valence-corrected chi connectivity index (χ0v) is 11.3.